The zero-order valence-electron chi connectivity index (χ0n) is 12.6. The Morgan fingerprint density at radius 2 is 2.19 bits per heavy atom. The first-order valence-corrected chi connectivity index (χ1v) is 7.23. The van der Waals surface area contributed by atoms with Gasteiger partial charge in [0.05, 0.1) is 13.2 Å². The van der Waals surface area contributed by atoms with E-state index < -0.39 is 0 Å². The molecule has 118 valence electrons. The van der Waals surface area contributed by atoms with E-state index in [4.69, 9.17) is 9.15 Å². The van der Waals surface area contributed by atoms with Crippen LogP contribution in [-0.2, 0) is 16.1 Å². The molecule has 1 aliphatic heterocycles. The molecule has 2 N–H and O–H groups in total. The lowest BCUT2D eigenvalue weighted by Crippen LogP contribution is -2.39. The van der Waals surface area contributed by atoms with Gasteiger partial charge in [-0.05, 0) is 12.8 Å². The van der Waals surface area contributed by atoms with Crippen molar-refractivity contribution in [3.05, 3.63) is 5.89 Å². The molecule has 8 nitrogen and oxygen atoms in total. The summed E-state index contributed by atoms with van der Waals surface area (Å²) in [5.74, 6) is 0.766. The Morgan fingerprint density at radius 3 is 2.86 bits per heavy atom. The zero-order chi connectivity index (χ0) is 15.1. The molecule has 0 unspecified atom stereocenters. The van der Waals surface area contributed by atoms with Gasteiger partial charge in [0, 0.05) is 39.7 Å². The average Bonchev–Trinajstić information content (AvgIpc) is 3.00. The molecule has 0 radical (unpaired) electrons. The van der Waals surface area contributed by atoms with Gasteiger partial charge in [-0.2, -0.15) is 0 Å². The minimum atomic E-state index is 0.0874. The molecule has 0 bridgehead atoms. The van der Waals surface area contributed by atoms with Gasteiger partial charge < -0.3 is 24.7 Å². The number of hydrogen-bond acceptors (Lipinski definition) is 7. The van der Waals surface area contributed by atoms with E-state index in [1.165, 1.54) is 0 Å². The number of carbonyl (C=O) groups excluding carboxylic acids is 1. The maximum Gasteiger partial charge on any atom is 0.318 e. The van der Waals surface area contributed by atoms with E-state index in [-0.39, 0.29) is 11.8 Å². The number of anilines is 1. The first kappa shape index (κ1) is 15.7. The van der Waals surface area contributed by atoms with Crippen molar-refractivity contribution in [3.8, 4) is 0 Å². The van der Waals surface area contributed by atoms with E-state index in [1.807, 2.05) is 4.90 Å². The largest absolute Gasteiger partial charge is 0.407 e. The summed E-state index contributed by atoms with van der Waals surface area (Å²) in [5.41, 5.74) is 0. The van der Waals surface area contributed by atoms with E-state index in [0.717, 1.165) is 32.5 Å². The monoisotopic (exact) mass is 297 g/mol. The minimum Gasteiger partial charge on any atom is -0.407 e. The van der Waals surface area contributed by atoms with Crippen LogP contribution in [0.1, 0.15) is 18.7 Å². The number of piperidine rings is 1. The van der Waals surface area contributed by atoms with Crippen LogP contribution in [-0.4, -0.2) is 56.5 Å². The number of hydrogen-bond donors (Lipinski definition) is 2. The number of methoxy groups -OCH3 is 1. The molecule has 2 rings (SSSR count). The maximum atomic E-state index is 11.6. The Morgan fingerprint density at radius 1 is 1.43 bits per heavy atom. The first-order chi connectivity index (χ1) is 10.2. The Labute approximate surface area is 124 Å². The predicted molar refractivity (Wildman–Crippen MR) is 76.9 cm³/mol. The number of amides is 1. The van der Waals surface area contributed by atoms with E-state index in [1.54, 1.807) is 14.2 Å². The second-order valence-corrected chi connectivity index (χ2v) is 5.02. The van der Waals surface area contributed by atoms with Crippen molar-refractivity contribution in [3.63, 3.8) is 0 Å². The fourth-order valence-electron chi connectivity index (χ4n) is 2.35. The van der Waals surface area contributed by atoms with Crippen molar-refractivity contribution < 1.29 is 13.9 Å². The van der Waals surface area contributed by atoms with Crippen LogP contribution in [0.2, 0.25) is 0 Å². The molecule has 21 heavy (non-hydrogen) atoms. The SMILES string of the molecule is CNC(=O)C1CCN(c2nnc(CNCCOC)o2)CC1. The molecule has 1 fully saturated rings. The highest BCUT2D eigenvalue weighted by molar-refractivity contribution is 5.78. The smallest absolute Gasteiger partial charge is 0.318 e. The van der Waals surface area contributed by atoms with Crippen molar-refractivity contribution >= 4 is 11.9 Å². The van der Waals surface area contributed by atoms with Gasteiger partial charge >= 0.3 is 6.01 Å². The molecule has 0 spiro atoms. The molecule has 2 heterocycles. The highest BCUT2D eigenvalue weighted by Crippen LogP contribution is 2.22. The Balaban J connectivity index is 1.78. The van der Waals surface area contributed by atoms with Crippen LogP contribution in [0.5, 0.6) is 0 Å². The van der Waals surface area contributed by atoms with E-state index in [0.29, 0.717) is 25.1 Å². The lowest BCUT2D eigenvalue weighted by molar-refractivity contribution is -0.125. The van der Waals surface area contributed by atoms with Gasteiger partial charge in [0.2, 0.25) is 11.8 Å². The van der Waals surface area contributed by atoms with Gasteiger partial charge in [-0.25, -0.2) is 0 Å². The highest BCUT2D eigenvalue weighted by atomic mass is 16.5. The topological polar surface area (TPSA) is 92.5 Å². The number of rotatable bonds is 7. The third-order valence-corrected chi connectivity index (χ3v) is 3.60. The molecular weight excluding hydrogens is 274 g/mol. The summed E-state index contributed by atoms with van der Waals surface area (Å²) in [5, 5.41) is 13.9. The third kappa shape index (κ3) is 4.40. The molecule has 0 atom stereocenters. The first-order valence-electron chi connectivity index (χ1n) is 7.23. The van der Waals surface area contributed by atoms with E-state index in [2.05, 4.69) is 20.8 Å². The molecule has 0 aromatic carbocycles. The Kier molecular flexibility index (Phi) is 5.94. The van der Waals surface area contributed by atoms with Crippen LogP contribution in [0.15, 0.2) is 4.42 Å². The fraction of sp³-hybridized carbons (Fsp3) is 0.769. The molecule has 0 aliphatic carbocycles. The second kappa shape index (κ2) is 7.94. The quantitative estimate of drug-likeness (QED) is 0.671. The lowest BCUT2D eigenvalue weighted by Gasteiger charge is -2.29. The van der Waals surface area contributed by atoms with E-state index >= 15 is 0 Å². The fourth-order valence-corrected chi connectivity index (χ4v) is 2.35. The molecular formula is C13H23N5O3. The van der Waals surface area contributed by atoms with E-state index in [9.17, 15) is 4.79 Å². The molecule has 0 saturated carbocycles. The number of nitrogens with one attached hydrogen (secondary N) is 2. The van der Waals surface area contributed by atoms with Crippen molar-refractivity contribution in [2.24, 2.45) is 5.92 Å². The summed E-state index contributed by atoms with van der Waals surface area (Å²) in [7, 11) is 3.34. The molecule has 1 amide bonds. The van der Waals surface area contributed by atoms with Crippen molar-refractivity contribution in [1.82, 2.24) is 20.8 Å². The number of aromatic nitrogens is 2. The summed E-state index contributed by atoms with van der Waals surface area (Å²) in [4.78, 5) is 13.6. The summed E-state index contributed by atoms with van der Waals surface area (Å²) >= 11 is 0. The molecule has 8 heteroatoms. The Hall–Kier alpha value is -1.67. The van der Waals surface area contributed by atoms with Gasteiger partial charge in [0.1, 0.15) is 0 Å². The van der Waals surface area contributed by atoms with Gasteiger partial charge in [-0.15, -0.1) is 5.10 Å². The average molecular weight is 297 g/mol. The Bertz CT molecular complexity index is 443. The maximum absolute atomic E-state index is 11.6. The molecule has 1 aromatic heterocycles. The van der Waals surface area contributed by atoms with Crippen LogP contribution < -0.4 is 15.5 Å². The summed E-state index contributed by atoms with van der Waals surface area (Å²) in [6.07, 6.45) is 1.62. The van der Waals surface area contributed by atoms with Crippen LogP contribution in [0.25, 0.3) is 0 Å². The van der Waals surface area contributed by atoms with Crippen LogP contribution >= 0.6 is 0 Å². The summed E-state index contributed by atoms with van der Waals surface area (Å²) < 4.78 is 10.6. The molecule has 1 aromatic rings. The van der Waals surface area contributed by atoms with Crippen LogP contribution in [0.3, 0.4) is 0 Å². The summed E-state index contributed by atoms with van der Waals surface area (Å²) in [6.45, 7) is 3.44. The van der Waals surface area contributed by atoms with Gasteiger partial charge in [0.15, 0.2) is 0 Å². The molecule has 1 aliphatic rings. The number of nitrogens with zero attached hydrogens (tertiary/aromatic N) is 3. The number of ether oxygens (including phenoxy) is 1. The van der Waals surface area contributed by atoms with Gasteiger partial charge in [-0.3, -0.25) is 4.79 Å². The van der Waals surface area contributed by atoms with Crippen molar-refractivity contribution in [1.29, 1.82) is 0 Å². The van der Waals surface area contributed by atoms with Crippen molar-refractivity contribution in [2.45, 2.75) is 19.4 Å². The van der Waals surface area contributed by atoms with Crippen LogP contribution in [0, 0.1) is 5.92 Å². The standard InChI is InChI=1S/C13H23N5O3/c1-14-12(19)10-3-6-18(7-4-10)13-17-16-11(21-13)9-15-5-8-20-2/h10,15H,3-9H2,1-2H3,(H,14,19). The van der Waals surface area contributed by atoms with Crippen LogP contribution in [0.4, 0.5) is 6.01 Å². The normalized spacial score (nSPS) is 16.2. The third-order valence-electron chi connectivity index (χ3n) is 3.60. The summed E-state index contributed by atoms with van der Waals surface area (Å²) in [6, 6.07) is 0.536. The van der Waals surface area contributed by atoms with Gasteiger partial charge in [-0.1, -0.05) is 5.10 Å². The number of carbonyl (C=O) groups is 1. The van der Waals surface area contributed by atoms with Crippen molar-refractivity contribution in [2.75, 3.05) is 45.3 Å². The second-order valence-electron chi connectivity index (χ2n) is 5.02. The minimum absolute atomic E-state index is 0.0874. The lowest BCUT2D eigenvalue weighted by atomic mass is 9.96. The zero-order valence-corrected chi connectivity index (χ0v) is 12.6. The van der Waals surface area contributed by atoms with Gasteiger partial charge in [0.25, 0.3) is 0 Å². The molecule has 1 saturated heterocycles. The predicted octanol–water partition coefficient (Wildman–Crippen LogP) is -0.232. The highest BCUT2D eigenvalue weighted by Gasteiger charge is 2.26.